The van der Waals surface area contributed by atoms with Crippen LogP contribution in [-0.4, -0.2) is 41.8 Å². The molecule has 4 heteroatoms. The van der Waals surface area contributed by atoms with E-state index in [1.54, 1.807) is 0 Å². The number of rotatable bonds is 5. The Labute approximate surface area is 65.2 Å². The molecule has 0 aliphatic carbocycles. The molecule has 0 amide bonds. The van der Waals surface area contributed by atoms with Crippen molar-refractivity contribution >= 4 is 9.76 Å². The molecular weight excluding hydrogens is 146 g/mol. The van der Waals surface area contributed by atoms with Gasteiger partial charge in [0.1, 0.15) is 13.0 Å². The first-order valence-electron chi connectivity index (χ1n) is 3.54. The van der Waals surface area contributed by atoms with Gasteiger partial charge in [0, 0.05) is 0 Å². The average Bonchev–Trinajstić information content (AvgIpc) is 1.88. The Morgan fingerprint density at radius 3 is 2.50 bits per heavy atom. The van der Waals surface area contributed by atoms with Crippen LogP contribution in [0.5, 0.6) is 0 Å². The Kier molecular flexibility index (Phi) is 5.91. The normalized spacial score (nSPS) is 15.3. The number of nitrogens with zero attached hydrogens (tertiary/aromatic N) is 1. The monoisotopic (exact) mass is 163 g/mol. The summed E-state index contributed by atoms with van der Waals surface area (Å²) < 4.78 is 10.4. The van der Waals surface area contributed by atoms with Gasteiger partial charge in [-0.1, -0.05) is 6.55 Å². The van der Waals surface area contributed by atoms with Crippen LogP contribution in [0.2, 0.25) is 6.55 Å². The minimum absolute atomic E-state index is 0.153. The second-order valence-corrected chi connectivity index (χ2v) is 3.33. The molecule has 0 heterocycles. The van der Waals surface area contributed by atoms with E-state index in [9.17, 15) is 0 Å². The molecule has 0 bridgehead atoms. The molecule has 0 aromatic carbocycles. The molecule has 0 fully saturated rings. The molecule has 0 aromatic heterocycles. The lowest BCUT2D eigenvalue weighted by Gasteiger charge is -2.19. The van der Waals surface area contributed by atoms with Crippen molar-refractivity contribution in [2.24, 2.45) is 0 Å². The van der Waals surface area contributed by atoms with Gasteiger partial charge in [0.25, 0.3) is 0 Å². The topological polar surface area (TPSA) is 21.7 Å². The zero-order chi connectivity index (χ0) is 7.98. The molecule has 1 atom stereocenters. The predicted octanol–water partition coefficient (Wildman–Crippen LogP) is 0.0166. The van der Waals surface area contributed by atoms with E-state index in [0.717, 1.165) is 0 Å². The van der Waals surface area contributed by atoms with Crippen molar-refractivity contribution in [1.29, 1.82) is 0 Å². The zero-order valence-electron chi connectivity index (χ0n) is 7.26. The van der Waals surface area contributed by atoms with Gasteiger partial charge >= 0.3 is 0 Å². The summed E-state index contributed by atoms with van der Waals surface area (Å²) in [7, 11) is 3.66. The highest BCUT2D eigenvalue weighted by molar-refractivity contribution is 6.24. The fraction of sp³-hybridized carbons (Fsp3) is 1.00. The number of hydrogen-bond donors (Lipinski definition) is 0. The molecule has 0 saturated heterocycles. The van der Waals surface area contributed by atoms with Crippen LogP contribution < -0.4 is 0 Å². The molecule has 0 spiro atoms. The highest BCUT2D eigenvalue weighted by Crippen LogP contribution is 1.92. The Morgan fingerprint density at radius 2 is 2.10 bits per heavy atom. The maximum absolute atomic E-state index is 5.28. The van der Waals surface area contributed by atoms with Crippen LogP contribution in [0.1, 0.15) is 6.92 Å². The highest BCUT2D eigenvalue weighted by Gasteiger charge is 2.01. The second-order valence-electron chi connectivity index (χ2n) is 2.34. The van der Waals surface area contributed by atoms with Gasteiger partial charge in [0.15, 0.2) is 9.76 Å². The van der Waals surface area contributed by atoms with Crippen molar-refractivity contribution in [2.75, 3.05) is 20.9 Å². The lowest BCUT2D eigenvalue weighted by Crippen LogP contribution is -2.28. The predicted molar refractivity (Wildman–Crippen MR) is 44.6 cm³/mol. The largest absolute Gasteiger partial charge is 0.402 e. The second kappa shape index (κ2) is 5.85. The smallest absolute Gasteiger partial charge is 0.161 e. The van der Waals surface area contributed by atoms with Crippen LogP contribution in [-0.2, 0) is 9.16 Å². The molecular formula is C6H17NO2Si. The third-order valence-corrected chi connectivity index (χ3v) is 1.90. The summed E-state index contributed by atoms with van der Waals surface area (Å²) in [5.41, 5.74) is 0. The van der Waals surface area contributed by atoms with Crippen molar-refractivity contribution in [1.82, 2.24) is 4.90 Å². The van der Waals surface area contributed by atoms with Crippen molar-refractivity contribution < 1.29 is 9.16 Å². The van der Waals surface area contributed by atoms with Gasteiger partial charge in [-0.05, 0) is 21.0 Å². The quantitative estimate of drug-likeness (QED) is 0.324. The third kappa shape index (κ3) is 4.93. The Hall–Kier alpha value is 0.0969. The summed E-state index contributed by atoms with van der Waals surface area (Å²) in [6.45, 7) is 4.53. The van der Waals surface area contributed by atoms with Gasteiger partial charge in [-0.2, -0.15) is 0 Å². The maximum Gasteiger partial charge on any atom is 0.161 e. The van der Waals surface area contributed by atoms with E-state index in [1.807, 2.05) is 25.9 Å². The van der Waals surface area contributed by atoms with Crippen LogP contribution in [0, 0.1) is 0 Å². The van der Waals surface area contributed by atoms with Crippen molar-refractivity contribution in [2.45, 2.75) is 19.7 Å². The van der Waals surface area contributed by atoms with Crippen LogP contribution in [0.4, 0.5) is 0 Å². The molecule has 3 nitrogen and oxygen atoms in total. The first-order chi connectivity index (χ1) is 4.68. The van der Waals surface area contributed by atoms with Crippen LogP contribution in [0.3, 0.4) is 0 Å². The summed E-state index contributed by atoms with van der Waals surface area (Å²) in [5, 5.41) is 0. The molecule has 0 aromatic rings. The molecule has 0 aliphatic rings. The van der Waals surface area contributed by atoms with Gasteiger partial charge in [0.05, 0.1) is 0 Å². The Bertz CT molecular complexity index is 80.1. The van der Waals surface area contributed by atoms with E-state index in [2.05, 4.69) is 6.55 Å². The van der Waals surface area contributed by atoms with E-state index in [4.69, 9.17) is 9.16 Å². The number of hydrogen-bond acceptors (Lipinski definition) is 3. The fourth-order valence-electron chi connectivity index (χ4n) is 0.379. The number of ether oxygens (including phenoxy) is 1. The molecule has 0 saturated carbocycles. The van der Waals surface area contributed by atoms with E-state index in [-0.39, 0.29) is 16.0 Å². The van der Waals surface area contributed by atoms with E-state index < -0.39 is 0 Å². The molecule has 0 rings (SSSR count). The Morgan fingerprint density at radius 1 is 1.50 bits per heavy atom. The fourth-order valence-corrected chi connectivity index (χ4v) is 0.642. The zero-order valence-corrected chi connectivity index (χ0v) is 8.67. The van der Waals surface area contributed by atoms with Crippen LogP contribution in [0.15, 0.2) is 0 Å². The van der Waals surface area contributed by atoms with E-state index in [0.29, 0.717) is 6.79 Å². The van der Waals surface area contributed by atoms with E-state index >= 15 is 0 Å². The van der Waals surface area contributed by atoms with Gasteiger partial charge < -0.3 is 9.16 Å². The SMILES string of the molecule is C[SiH2]OCOC(C)N(C)C. The highest BCUT2D eigenvalue weighted by atomic mass is 28.2. The lowest BCUT2D eigenvalue weighted by molar-refractivity contribution is -0.0836. The standard InChI is InChI=1S/C6H17NO2Si/c1-6(7(2)3)8-5-9-10-4/h6H,5,10H2,1-4H3. The van der Waals surface area contributed by atoms with Gasteiger partial charge in [0.2, 0.25) is 0 Å². The summed E-state index contributed by atoms with van der Waals surface area (Å²) >= 11 is 0. The van der Waals surface area contributed by atoms with Gasteiger partial charge in [-0.3, -0.25) is 4.90 Å². The first kappa shape index (κ1) is 10.1. The summed E-state index contributed by atoms with van der Waals surface area (Å²) in [4.78, 5) is 2.00. The molecule has 0 aliphatic heterocycles. The molecule has 62 valence electrons. The van der Waals surface area contributed by atoms with Crippen LogP contribution >= 0.6 is 0 Å². The molecule has 0 N–H and O–H groups in total. The Balaban J connectivity index is 3.13. The maximum atomic E-state index is 5.28. The van der Waals surface area contributed by atoms with Gasteiger partial charge in [-0.15, -0.1) is 0 Å². The van der Waals surface area contributed by atoms with Crippen molar-refractivity contribution in [3.63, 3.8) is 0 Å². The summed E-state index contributed by atoms with van der Waals surface area (Å²) in [5.74, 6) is 0. The minimum Gasteiger partial charge on any atom is -0.402 e. The van der Waals surface area contributed by atoms with Gasteiger partial charge in [-0.25, -0.2) is 0 Å². The third-order valence-electron chi connectivity index (χ3n) is 1.32. The lowest BCUT2D eigenvalue weighted by atomic mass is 10.6. The summed E-state index contributed by atoms with van der Waals surface area (Å²) in [6.07, 6.45) is 0.153. The van der Waals surface area contributed by atoms with Crippen molar-refractivity contribution in [3.8, 4) is 0 Å². The molecule has 10 heavy (non-hydrogen) atoms. The van der Waals surface area contributed by atoms with Crippen LogP contribution in [0.25, 0.3) is 0 Å². The molecule has 1 unspecified atom stereocenters. The van der Waals surface area contributed by atoms with Crippen molar-refractivity contribution in [3.05, 3.63) is 0 Å². The molecule has 0 radical (unpaired) electrons. The average molecular weight is 163 g/mol. The minimum atomic E-state index is -0.297. The summed E-state index contributed by atoms with van der Waals surface area (Å²) in [6, 6.07) is 0. The first-order valence-corrected chi connectivity index (χ1v) is 5.53. The van der Waals surface area contributed by atoms with E-state index in [1.165, 1.54) is 0 Å².